The molecule has 0 unspecified atom stereocenters. The highest BCUT2D eigenvalue weighted by molar-refractivity contribution is 5.62. The van der Waals surface area contributed by atoms with Crippen LogP contribution in [-0.2, 0) is 7.05 Å². The van der Waals surface area contributed by atoms with Crippen molar-refractivity contribution in [2.45, 2.75) is 19.4 Å². The fourth-order valence-corrected chi connectivity index (χ4v) is 3.57. The standard InChI is InChI=1S/C25H23FN6O3/c1-25(2)14-34-21-20(10-11-27-22(21)31-25)35-17-8-9-19(28-12-17)18-13-29-24(32(3)23(18)33)30-16-6-4-15(26)5-7-16/h4-13H,14H2,1-3H3,(H,27,31)(H,29,30). The lowest BCUT2D eigenvalue weighted by Crippen LogP contribution is -2.41. The molecule has 0 bridgehead atoms. The Morgan fingerprint density at radius 3 is 2.63 bits per heavy atom. The van der Waals surface area contributed by atoms with Crippen molar-refractivity contribution >= 4 is 17.5 Å². The van der Waals surface area contributed by atoms with Crippen LogP contribution >= 0.6 is 0 Å². The van der Waals surface area contributed by atoms with Crippen molar-refractivity contribution < 1.29 is 13.9 Å². The average Bonchev–Trinajstić information content (AvgIpc) is 2.83. The minimum Gasteiger partial charge on any atom is -0.484 e. The van der Waals surface area contributed by atoms with E-state index in [0.717, 1.165) is 0 Å². The fourth-order valence-electron chi connectivity index (χ4n) is 3.57. The van der Waals surface area contributed by atoms with Gasteiger partial charge >= 0.3 is 0 Å². The van der Waals surface area contributed by atoms with Crippen molar-refractivity contribution in [3.63, 3.8) is 0 Å². The Hall–Kier alpha value is -4.47. The molecule has 0 saturated carbocycles. The molecule has 10 heteroatoms. The Balaban J connectivity index is 1.35. The molecular weight excluding hydrogens is 451 g/mol. The first-order valence-electron chi connectivity index (χ1n) is 10.9. The summed E-state index contributed by atoms with van der Waals surface area (Å²) in [5.74, 6) is 2.13. The van der Waals surface area contributed by atoms with Crippen LogP contribution in [0, 0.1) is 5.82 Å². The van der Waals surface area contributed by atoms with Crippen molar-refractivity contribution in [1.82, 2.24) is 19.5 Å². The van der Waals surface area contributed by atoms with Gasteiger partial charge in [0, 0.05) is 31.2 Å². The van der Waals surface area contributed by atoms with Crippen LogP contribution in [0.4, 0.5) is 21.8 Å². The largest absolute Gasteiger partial charge is 0.484 e. The first-order chi connectivity index (χ1) is 16.8. The summed E-state index contributed by atoms with van der Waals surface area (Å²) in [5, 5.41) is 6.34. The first kappa shape index (κ1) is 22.3. The quantitative estimate of drug-likeness (QED) is 0.436. The van der Waals surface area contributed by atoms with E-state index in [-0.39, 0.29) is 16.9 Å². The van der Waals surface area contributed by atoms with Crippen LogP contribution in [0.3, 0.4) is 0 Å². The maximum atomic E-state index is 13.1. The van der Waals surface area contributed by atoms with Gasteiger partial charge in [0.05, 0.1) is 23.0 Å². The van der Waals surface area contributed by atoms with Crippen LogP contribution in [-0.4, -0.2) is 31.7 Å². The molecule has 0 spiro atoms. The molecule has 4 heterocycles. The Morgan fingerprint density at radius 2 is 1.89 bits per heavy atom. The van der Waals surface area contributed by atoms with E-state index in [2.05, 4.69) is 25.6 Å². The normalized spacial score (nSPS) is 13.8. The van der Waals surface area contributed by atoms with E-state index in [1.165, 1.54) is 29.1 Å². The second kappa shape index (κ2) is 8.71. The third-order valence-corrected chi connectivity index (χ3v) is 5.41. The number of anilines is 3. The number of nitrogens with one attached hydrogen (secondary N) is 2. The highest BCUT2D eigenvalue weighted by Gasteiger charge is 2.29. The molecule has 3 aromatic heterocycles. The molecule has 1 aromatic carbocycles. The molecule has 4 aromatic rings. The second-order valence-electron chi connectivity index (χ2n) is 8.76. The van der Waals surface area contributed by atoms with Gasteiger partial charge in [-0.1, -0.05) is 0 Å². The van der Waals surface area contributed by atoms with Crippen LogP contribution in [0.25, 0.3) is 11.3 Å². The van der Waals surface area contributed by atoms with Crippen molar-refractivity contribution in [3.8, 4) is 28.5 Å². The van der Waals surface area contributed by atoms with Gasteiger partial charge in [-0.25, -0.2) is 14.4 Å². The predicted octanol–water partition coefficient (Wildman–Crippen LogP) is 4.50. The zero-order valence-electron chi connectivity index (χ0n) is 19.4. The van der Waals surface area contributed by atoms with Gasteiger partial charge in [0.25, 0.3) is 5.56 Å². The monoisotopic (exact) mass is 474 g/mol. The molecule has 2 N–H and O–H groups in total. The van der Waals surface area contributed by atoms with Crippen molar-refractivity contribution in [3.05, 3.63) is 77.2 Å². The lowest BCUT2D eigenvalue weighted by Gasteiger charge is -2.33. The van der Waals surface area contributed by atoms with Gasteiger partial charge in [-0.15, -0.1) is 0 Å². The van der Waals surface area contributed by atoms with E-state index in [4.69, 9.17) is 9.47 Å². The van der Waals surface area contributed by atoms with E-state index >= 15 is 0 Å². The summed E-state index contributed by atoms with van der Waals surface area (Å²) in [6.07, 6.45) is 4.63. The zero-order valence-corrected chi connectivity index (χ0v) is 19.4. The van der Waals surface area contributed by atoms with E-state index in [1.807, 2.05) is 13.8 Å². The van der Waals surface area contributed by atoms with E-state index in [0.29, 0.717) is 52.6 Å². The summed E-state index contributed by atoms with van der Waals surface area (Å²) in [7, 11) is 1.60. The summed E-state index contributed by atoms with van der Waals surface area (Å²) < 4.78 is 26.4. The molecular formula is C25H23FN6O3. The van der Waals surface area contributed by atoms with E-state index < -0.39 is 0 Å². The minimum atomic E-state index is -0.344. The number of benzene rings is 1. The summed E-state index contributed by atoms with van der Waals surface area (Å²) in [4.78, 5) is 26.0. The molecule has 178 valence electrons. The Bertz CT molecular complexity index is 1440. The number of pyridine rings is 2. The number of hydrogen-bond acceptors (Lipinski definition) is 8. The van der Waals surface area contributed by atoms with Crippen LogP contribution < -0.4 is 25.7 Å². The highest BCUT2D eigenvalue weighted by atomic mass is 19.1. The molecule has 0 radical (unpaired) electrons. The molecule has 0 saturated heterocycles. The smallest absolute Gasteiger partial charge is 0.264 e. The van der Waals surface area contributed by atoms with Crippen molar-refractivity contribution in [1.29, 1.82) is 0 Å². The Morgan fingerprint density at radius 1 is 1.09 bits per heavy atom. The van der Waals surface area contributed by atoms with Gasteiger partial charge < -0.3 is 20.1 Å². The number of fused-ring (bicyclic) bond motifs is 1. The molecule has 0 fully saturated rings. The molecule has 9 nitrogen and oxygen atoms in total. The summed E-state index contributed by atoms with van der Waals surface area (Å²) in [6, 6.07) is 10.9. The summed E-state index contributed by atoms with van der Waals surface area (Å²) in [5.41, 5.74) is 0.889. The molecule has 35 heavy (non-hydrogen) atoms. The molecule has 0 atom stereocenters. The van der Waals surface area contributed by atoms with Gasteiger partial charge in [-0.2, -0.15) is 0 Å². The van der Waals surface area contributed by atoms with Gasteiger partial charge in [-0.3, -0.25) is 14.3 Å². The third-order valence-electron chi connectivity index (χ3n) is 5.41. The number of rotatable bonds is 5. The molecule has 0 amide bonds. The van der Waals surface area contributed by atoms with Gasteiger partial charge in [0.2, 0.25) is 11.7 Å². The third kappa shape index (κ3) is 4.63. The van der Waals surface area contributed by atoms with E-state index in [9.17, 15) is 9.18 Å². The lowest BCUT2D eigenvalue weighted by atomic mass is 10.1. The zero-order chi connectivity index (χ0) is 24.6. The SMILES string of the molecule is Cn1c(Nc2ccc(F)cc2)ncc(-c2ccc(Oc3ccnc4c3OCC(C)(C)N4)cn2)c1=O. The van der Waals surface area contributed by atoms with Crippen LogP contribution in [0.15, 0.2) is 65.8 Å². The molecule has 0 aliphatic carbocycles. The fraction of sp³-hybridized carbons (Fsp3) is 0.200. The number of ether oxygens (including phenoxy) is 2. The summed E-state index contributed by atoms with van der Waals surface area (Å²) >= 11 is 0. The predicted molar refractivity (Wildman–Crippen MR) is 130 cm³/mol. The minimum absolute atomic E-state index is 0.230. The average molecular weight is 474 g/mol. The highest BCUT2D eigenvalue weighted by Crippen LogP contribution is 2.40. The van der Waals surface area contributed by atoms with Gasteiger partial charge in [-0.05, 0) is 50.2 Å². The number of nitrogens with zero attached hydrogens (tertiary/aromatic N) is 4. The lowest BCUT2D eigenvalue weighted by molar-refractivity contribution is 0.232. The maximum absolute atomic E-state index is 13.1. The second-order valence-corrected chi connectivity index (χ2v) is 8.76. The number of hydrogen-bond donors (Lipinski definition) is 2. The van der Waals surface area contributed by atoms with Crippen LogP contribution in [0.2, 0.25) is 0 Å². The molecule has 1 aliphatic rings. The Kier molecular flexibility index (Phi) is 5.56. The molecule has 1 aliphatic heterocycles. The van der Waals surface area contributed by atoms with Crippen molar-refractivity contribution in [2.24, 2.45) is 7.05 Å². The summed E-state index contributed by atoms with van der Waals surface area (Å²) in [6.45, 7) is 4.53. The van der Waals surface area contributed by atoms with Crippen LogP contribution in [0.1, 0.15) is 13.8 Å². The topological polar surface area (TPSA) is 103 Å². The van der Waals surface area contributed by atoms with Crippen LogP contribution in [0.5, 0.6) is 17.2 Å². The van der Waals surface area contributed by atoms with Gasteiger partial charge in [0.15, 0.2) is 11.6 Å². The molecule has 5 rings (SSSR count). The maximum Gasteiger partial charge on any atom is 0.264 e. The number of halogens is 1. The van der Waals surface area contributed by atoms with Crippen molar-refractivity contribution in [2.75, 3.05) is 17.2 Å². The van der Waals surface area contributed by atoms with E-state index in [1.54, 1.807) is 43.6 Å². The van der Waals surface area contributed by atoms with Gasteiger partial charge in [0.1, 0.15) is 18.2 Å². The first-order valence-corrected chi connectivity index (χ1v) is 10.9. The number of aromatic nitrogens is 4. The Labute approximate surface area is 200 Å².